The Kier molecular flexibility index (Phi) is 6.87. The predicted octanol–water partition coefficient (Wildman–Crippen LogP) is 2.48. The van der Waals surface area contributed by atoms with Crippen LogP contribution in [-0.4, -0.2) is 42.0 Å². The van der Waals surface area contributed by atoms with Crippen LogP contribution in [0.3, 0.4) is 0 Å². The van der Waals surface area contributed by atoms with Gasteiger partial charge < -0.3 is 14.4 Å². The number of rotatable bonds is 8. The van der Waals surface area contributed by atoms with E-state index in [-0.39, 0.29) is 18.2 Å². The first-order chi connectivity index (χ1) is 12.9. The molecule has 2 aromatic carbocycles. The maximum atomic E-state index is 12.1. The maximum Gasteiger partial charge on any atom is 0.344 e. The van der Waals surface area contributed by atoms with Gasteiger partial charge in [-0.15, -0.1) is 0 Å². The Bertz CT molecular complexity index is 819. The highest BCUT2D eigenvalue weighted by molar-refractivity contribution is 5.80. The first kappa shape index (κ1) is 19.9. The minimum Gasteiger partial charge on any atom is -0.482 e. The predicted molar refractivity (Wildman–Crippen MR) is 97.2 cm³/mol. The van der Waals surface area contributed by atoms with Crippen LogP contribution in [-0.2, 0) is 20.9 Å². The van der Waals surface area contributed by atoms with Crippen LogP contribution < -0.4 is 4.74 Å². The molecule has 0 aliphatic carbocycles. The lowest BCUT2D eigenvalue weighted by Gasteiger charge is -2.18. The van der Waals surface area contributed by atoms with Crippen molar-refractivity contribution < 1.29 is 24.0 Å². The van der Waals surface area contributed by atoms with Gasteiger partial charge in [0.05, 0.1) is 4.92 Å². The van der Waals surface area contributed by atoms with Gasteiger partial charge in [0, 0.05) is 25.7 Å². The van der Waals surface area contributed by atoms with Crippen LogP contribution in [0.5, 0.6) is 5.75 Å². The number of amides is 1. The van der Waals surface area contributed by atoms with Gasteiger partial charge in [-0.25, -0.2) is 4.79 Å². The highest BCUT2D eigenvalue weighted by Gasteiger charge is 2.14. The monoisotopic (exact) mass is 372 g/mol. The van der Waals surface area contributed by atoms with Gasteiger partial charge in [-0.2, -0.15) is 0 Å². The average Bonchev–Trinajstić information content (AvgIpc) is 2.66. The van der Waals surface area contributed by atoms with Crippen molar-refractivity contribution in [3.8, 4) is 5.75 Å². The molecule has 0 unspecified atom stereocenters. The second-order valence-corrected chi connectivity index (χ2v) is 5.88. The van der Waals surface area contributed by atoms with Crippen LogP contribution >= 0.6 is 0 Å². The van der Waals surface area contributed by atoms with E-state index in [9.17, 15) is 19.7 Å². The Morgan fingerprint density at radius 2 is 1.74 bits per heavy atom. The molecule has 0 saturated heterocycles. The molecular weight excluding hydrogens is 352 g/mol. The Balaban J connectivity index is 1.75. The van der Waals surface area contributed by atoms with E-state index in [2.05, 4.69) is 0 Å². The van der Waals surface area contributed by atoms with E-state index in [4.69, 9.17) is 9.47 Å². The summed E-state index contributed by atoms with van der Waals surface area (Å²) < 4.78 is 10.1. The number of hydrogen-bond donors (Lipinski definition) is 0. The zero-order chi connectivity index (χ0) is 19.8. The molecule has 1 amide bonds. The number of non-ortho nitro benzene ring substituents is 1. The molecule has 27 heavy (non-hydrogen) atoms. The third-order valence-electron chi connectivity index (χ3n) is 3.86. The number of nitro benzene ring substituents is 1. The summed E-state index contributed by atoms with van der Waals surface area (Å²) in [6.45, 7) is 1.60. The van der Waals surface area contributed by atoms with Gasteiger partial charge in [0.2, 0.25) is 0 Å². The number of carbonyl (C=O) groups is 2. The lowest BCUT2D eigenvalue weighted by molar-refractivity contribution is -0.384. The zero-order valence-corrected chi connectivity index (χ0v) is 15.1. The van der Waals surface area contributed by atoms with Crippen LogP contribution in [0.1, 0.15) is 11.1 Å². The molecule has 0 radical (unpaired) electrons. The van der Waals surface area contributed by atoms with Crippen molar-refractivity contribution >= 4 is 17.6 Å². The fraction of sp³-hybridized carbons (Fsp3) is 0.263. The number of nitrogens with zero attached hydrogens (tertiary/aromatic N) is 2. The van der Waals surface area contributed by atoms with Crippen molar-refractivity contribution in [3.05, 3.63) is 69.8 Å². The molecule has 8 nitrogen and oxygen atoms in total. The summed E-state index contributed by atoms with van der Waals surface area (Å²) in [7, 11) is 1.63. The standard InChI is InChI=1S/C19H20N2O6/c1-14-5-3-4-6-15(14)11-20(2)18(22)12-27-19(23)13-26-17-9-7-16(8-10-17)21(24)25/h3-10H,11-13H2,1-2H3. The molecule has 0 spiro atoms. The highest BCUT2D eigenvalue weighted by atomic mass is 16.6. The minimum atomic E-state index is -0.703. The smallest absolute Gasteiger partial charge is 0.344 e. The van der Waals surface area contributed by atoms with Gasteiger partial charge >= 0.3 is 5.97 Å². The number of nitro groups is 1. The molecule has 0 saturated carbocycles. The van der Waals surface area contributed by atoms with E-state index in [1.54, 1.807) is 7.05 Å². The third kappa shape index (κ3) is 6.10. The molecule has 0 atom stereocenters. The summed E-state index contributed by atoms with van der Waals surface area (Å²) in [5.74, 6) is -0.742. The van der Waals surface area contributed by atoms with Crippen LogP contribution in [0.2, 0.25) is 0 Å². The lowest BCUT2D eigenvalue weighted by atomic mass is 10.1. The van der Waals surface area contributed by atoms with Gasteiger partial charge in [0.1, 0.15) is 5.75 Å². The van der Waals surface area contributed by atoms with Gasteiger partial charge in [-0.05, 0) is 30.2 Å². The van der Waals surface area contributed by atoms with Crippen LogP contribution in [0.15, 0.2) is 48.5 Å². The van der Waals surface area contributed by atoms with Crippen LogP contribution in [0, 0.1) is 17.0 Å². The molecule has 2 rings (SSSR count). The van der Waals surface area contributed by atoms with Gasteiger partial charge in [-0.3, -0.25) is 14.9 Å². The van der Waals surface area contributed by atoms with Crippen molar-refractivity contribution in [2.75, 3.05) is 20.3 Å². The molecule has 142 valence electrons. The maximum absolute atomic E-state index is 12.1. The first-order valence-electron chi connectivity index (χ1n) is 8.18. The molecule has 0 aromatic heterocycles. The molecule has 0 aliphatic rings. The lowest BCUT2D eigenvalue weighted by Crippen LogP contribution is -2.31. The van der Waals surface area contributed by atoms with Crippen molar-refractivity contribution in [1.82, 2.24) is 4.90 Å². The van der Waals surface area contributed by atoms with E-state index in [0.29, 0.717) is 12.3 Å². The summed E-state index contributed by atoms with van der Waals surface area (Å²) in [6.07, 6.45) is 0. The molecule has 0 bridgehead atoms. The quantitative estimate of drug-likeness (QED) is 0.401. The number of esters is 1. The van der Waals surface area contributed by atoms with Gasteiger partial charge in [0.15, 0.2) is 13.2 Å². The number of benzene rings is 2. The fourth-order valence-corrected chi connectivity index (χ4v) is 2.23. The number of hydrogen-bond acceptors (Lipinski definition) is 6. The van der Waals surface area contributed by atoms with E-state index >= 15 is 0 Å². The van der Waals surface area contributed by atoms with Crippen LogP contribution in [0.25, 0.3) is 0 Å². The Morgan fingerprint density at radius 1 is 1.07 bits per heavy atom. The average molecular weight is 372 g/mol. The molecule has 0 fully saturated rings. The van der Waals surface area contributed by atoms with Gasteiger partial charge in [0.25, 0.3) is 11.6 Å². The number of aryl methyl sites for hydroxylation is 1. The summed E-state index contributed by atoms with van der Waals surface area (Å²) in [5, 5.41) is 10.6. The molecule has 2 aromatic rings. The summed E-state index contributed by atoms with van der Waals surface area (Å²) in [5.41, 5.74) is 2.01. The minimum absolute atomic E-state index is 0.0767. The number of ether oxygens (including phenoxy) is 2. The Morgan fingerprint density at radius 3 is 2.37 bits per heavy atom. The van der Waals surface area contributed by atoms with E-state index < -0.39 is 17.5 Å². The van der Waals surface area contributed by atoms with Crippen molar-refractivity contribution in [2.45, 2.75) is 13.5 Å². The van der Waals surface area contributed by atoms with Gasteiger partial charge in [-0.1, -0.05) is 24.3 Å². The molecule has 0 N–H and O–H groups in total. The molecule has 8 heteroatoms. The Labute approximate surface area is 156 Å². The summed E-state index contributed by atoms with van der Waals surface area (Å²) in [4.78, 5) is 35.3. The van der Waals surface area contributed by atoms with E-state index in [1.165, 1.54) is 29.2 Å². The normalized spacial score (nSPS) is 10.1. The van der Waals surface area contributed by atoms with E-state index in [1.807, 2.05) is 31.2 Å². The third-order valence-corrected chi connectivity index (χ3v) is 3.86. The largest absolute Gasteiger partial charge is 0.482 e. The van der Waals surface area contributed by atoms with Crippen LogP contribution in [0.4, 0.5) is 5.69 Å². The van der Waals surface area contributed by atoms with Crippen molar-refractivity contribution in [1.29, 1.82) is 0 Å². The van der Waals surface area contributed by atoms with Crippen molar-refractivity contribution in [3.63, 3.8) is 0 Å². The number of likely N-dealkylation sites (N-methyl/N-ethyl adjacent to an activating group) is 1. The SMILES string of the molecule is Cc1ccccc1CN(C)C(=O)COC(=O)COc1ccc([N+](=O)[O-])cc1. The summed E-state index contributed by atoms with van der Waals surface area (Å²) >= 11 is 0. The topological polar surface area (TPSA) is 99.0 Å². The number of carbonyl (C=O) groups excluding carboxylic acids is 2. The fourth-order valence-electron chi connectivity index (χ4n) is 2.23. The second-order valence-electron chi connectivity index (χ2n) is 5.88. The molecule has 0 heterocycles. The molecule has 0 aliphatic heterocycles. The first-order valence-corrected chi connectivity index (χ1v) is 8.18. The highest BCUT2D eigenvalue weighted by Crippen LogP contribution is 2.17. The van der Waals surface area contributed by atoms with Crippen molar-refractivity contribution in [2.24, 2.45) is 0 Å². The van der Waals surface area contributed by atoms with E-state index in [0.717, 1.165) is 11.1 Å². The zero-order valence-electron chi connectivity index (χ0n) is 15.1. The Hall–Kier alpha value is -3.42. The second kappa shape index (κ2) is 9.33. The summed E-state index contributed by atoms with van der Waals surface area (Å²) in [6, 6.07) is 13.0. The molecular formula is C19H20N2O6.